The van der Waals surface area contributed by atoms with Crippen molar-refractivity contribution in [2.24, 2.45) is 0 Å². The van der Waals surface area contributed by atoms with Crippen LogP contribution in [0.15, 0.2) is 35.1 Å². The van der Waals surface area contributed by atoms with Gasteiger partial charge in [0.05, 0.1) is 0 Å². The van der Waals surface area contributed by atoms with E-state index >= 15 is 0 Å². The largest absolute Gasteiger partial charge is 0.368 e. The van der Waals surface area contributed by atoms with Gasteiger partial charge in [0.2, 0.25) is 0 Å². The SMILES string of the molecule is O=c1[nH]c(NC2CCCSC2)cc2ccccc12. The van der Waals surface area contributed by atoms with Crippen molar-refractivity contribution in [3.05, 3.63) is 40.7 Å². The molecule has 3 rings (SSSR count). The summed E-state index contributed by atoms with van der Waals surface area (Å²) in [7, 11) is 0. The van der Waals surface area contributed by atoms with E-state index < -0.39 is 0 Å². The summed E-state index contributed by atoms with van der Waals surface area (Å²) in [5.74, 6) is 3.22. The van der Waals surface area contributed by atoms with Gasteiger partial charge in [0.15, 0.2) is 0 Å². The maximum Gasteiger partial charge on any atom is 0.257 e. The van der Waals surface area contributed by atoms with Crippen molar-refractivity contribution >= 4 is 28.4 Å². The predicted molar refractivity (Wildman–Crippen MR) is 78.5 cm³/mol. The lowest BCUT2D eigenvalue weighted by Gasteiger charge is -2.23. The van der Waals surface area contributed by atoms with Crippen LogP contribution >= 0.6 is 11.8 Å². The molecule has 18 heavy (non-hydrogen) atoms. The molecule has 0 saturated carbocycles. The summed E-state index contributed by atoms with van der Waals surface area (Å²) >= 11 is 1.98. The maximum absolute atomic E-state index is 11.9. The van der Waals surface area contributed by atoms with Crippen LogP contribution in [0.5, 0.6) is 0 Å². The molecule has 1 atom stereocenters. The minimum atomic E-state index is -0.0148. The minimum absolute atomic E-state index is 0.0148. The number of pyridine rings is 1. The second kappa shape index (κ2) is 5.06. The molecular formula is C14H16N2OS. The van der Waals surface area contributed by atoms with Gasteiger partial charge in [0.1, 0.15) is 5.82 Å². The molecule has 0 amide bonds. The number of fused-ring (bicyclic) bond motifs is 1. The van der Waals surface area contributed by atoms with Crippen molar-refractivity contribution in [3.63, 3.8) is 0 Å². The number of nitrogens with one attached hydrogen (secondary N) is 2. The van der Waals surface area contributed by atoms with E-state index in [-0.39, 0.29) is 5.56 Å². The van der Waals surface area contributed by atoms with Gasteiger partial charge in [-0.3, -0.25) is 4.79 Å². The van der Waals surface area contributed by atoms with Crippen LogP contribution in [0.1, 0.15) is 12.8 Å². The Morgan fingerprint density at radius 3 is 3.06 bits per heavy atom. The molecule has 2 aromatic rings. The zero-order chi connectivity index (χ0) is 12.4. The first-order valence-electron chi connectivity index (χ1n) is 6.29. The Morgan fingerprint density at radius 1 is 1.33 bits per heavy atom. The molecule has 0 aliphatic carbocycles. The second-order valence-electron chi connectivity index (χ2n) is 4.66. The highest BCUT2D eigenvalue weighted by Gasteiger charge is 2.13. The standard InChI is InChI=1S/C14H16N2OS/c17-14-12-6-2-1-4-10(12)8-13(16-14)15-11-5-3-7-18-9-11/h1-2,4,6,8,11H,3,5,7,9H2,(H2,15,16,17). The first-order chi connectivity index (χ1) is 8.83. The topological polar surface area (TPSA) is 44.9 Å². The molecule has 2 N–H and O–H groups in total. The van der Waals surface area contributed by atoms with Crippen LogP contribution in [0.3, 0.4) is 0 Å². The van der Waals surface area contributed by atoms with E-state index in [0.29, 0.717) is 6.04 Å². The molecule has 1 aromatic carbocycles. The monoisotopic (exact) mass is 260 g/mol. The van der Waals surface area contributed by atoms with E-state index in [4.69, 9.17) is 0 Å². The van der Waals surface area contributed by atoms with Gasteiger partial charge in [-0.2, -0.15) is 11.8 Å². The molecule has 1 aromatic heterocycles. The van der Waals surface area contributed by atoms with Crippen LogP contribution in [-0.4, -0.2) is 22.5 Å². The van der Waals surface area contributed by atoms with E-state index in [1.54, 1.807) is 0 Å². The van der Waals surface area contributed by atoms with Gasteiger partial charge in [-0.1, -0.05) is 18.2 Å². The van der Waals surface area contributed by atoms with E-state index in [1.165, 1.54) is 18.6 Å². The van der Waals surface area contributed by atoms with Crippen LogP contribution in [0, 0.1) is 0 Å². The van der Waals surface area contributed by atoms with Crippen molar-refractivity contribution < 1.29 is 0 Å². The fourth-order valence-corrected chi connectivity index (χ4v) is 3.44. The third-order valence-corrected chi connectivity index (χ3v) is 4.49. The third kappa shape index (κ3) is 2.38. The molecule has 94 valence electrons. The Morgan fingerprint density at radius 2 is 2.22 bits per heavy atom. The van der Waals surface area contributed by atoms with Gasteiger partial charge >= 0.3 is 0 Å². The van der Waals surface area contributed by atoms with Crippen molar-refractivity contribution in [1.82, 2.24) is 4.98 Å². The molecule has 1 unspecified atom stereocenters. The first kappa shape index (κ1) is 11.7. The molecule has 1 saturated heterocycles. The Hall–Kier alpha value is -1.42. The lowest BCUT2D eigenvalue weighted by atomic mass is 10.1. The molecule has 3 nitrogen and oxygen atoms in total. The maximum atomic E-state index is 11.9. The van der Waals surface area contributed by atoms with Crippen LogP contribution < -0.4 is 10.9 Å². The Kier molecular flexibility index (Phi) is 3.28. The Labute approximate surface area is 110 Å². The fourth-order valence-electron chi connectivity index (χ4n) is 2.36. The molecular weight excluding hydrogens is 244 g/mol. The molecule has 1 aliphatic rings. The van der Waals surface area contributed by atoms with Crippen molar-refractivity contribution in [1.29, 1.82) is 0 Å². The van der Waals surface area contributed by atoms with Crippen LogP contribution in [0.2, 0.25) is 0 Å². The van der Waals surface area contributed by atoms with E-state index in [9.17, 15) is 4.79 Å². The Balaban J connectivity index is 1.90. The van der Waals surface area contributed by atoms with Crippen molar-refractivity contribution in [2.75, 3.05) is 16.8 Å². The summed E-state index contributed by atoms with van der Waals surface area (Å²) in [6.45, 7) is 0. The summed E-state index contributed by atoms with van der Waals surface area (Å²) in [6, 6.07) is 10.2. The highest BCUT2D eigenvalue weighted by atomic mass is 32.2. The van der Waals surface area contributed by atoms with E-state index in [0.717, 1.165) is 22.3 Å². The summed E-state index contributed by atoms with van der Waals surface area (Å²) in [5.41, 5.74) is -0.0148. The smallest absolute Gasteiger partial charge is 0.257 e. The quantitative estimate of drug-likeness (QED) is 0.872. The number of thioether (sulfide) groups is 1. The number of aromatic nitrogens is 1. The molecule has 4 heteroatoms. The molecule has 2 heterocycles. The van der Waals surface area contributed by atoms with Gasteiger partial charge in [-0.15, -0.1) is 0 Å². The zero-order valence-corrected chi connectivity index (χ0v) is 10.9. The van der Waals surface area contributed by atoms with Crippen molar-refractivity contribution in [2.45, 2.75) is 18.9 Å². The minimum Gasteiger partial charge on any atom is -0.368 e. The van der Waals surface area contributed by atoms with Crippen LogP contribution in [0.25, 0.3) is 10.8 Å². The van der Waals surface area contributed by atoms with Gasteiger partial charge in [0.25, 0.3) is 5.56 Å². The summed E-state index contributed by atoms with van der Waals surface area (Å²) in [5, 5.41) is 5.18. The normalized spacial score (nSPS) is 19.9. The average Bonchev–Trinajstić information content (AvgIpc) is 2.40. The highest BCUT2D eigenvalue weighted by molar-refractivity contribution is 7.99. The van der Waals surface area contributed by atoms with E-state index in [2.05, 4.69) is 10.3 Å². The molecule has 1 fully saturated rings. The number of anilines is 1. The number of hydrogen-bond acceptors (Lipinski definition) is 3. The molecule has 0 bridgehead atoms. The lowest BCUT2D eigenvalue weighted by Crippen LogP contribution is -2.27. The number of aromatic amines is 1. The average molecular weight is 260 g/mol. The third-order valence-electron chi connectivity index (χ3n) is 3.27. The number of H-pyrrole nitrogens is 1. The molecule has 0 spiro atoms. The van der Waals surface area contributed by atoms with Gasteiger partial charge in [-0.05, 0) is 36.1 Å². The van der Waals surface area contributed by atoms with Gasteiger partial charge in [-0.25, -0.2) is 0 Å². The van der Waals surface area contributed by atoms with Gasteiger partial charge < -0.3 is 10.3 Å². The summed E-state index contributed by atoms with van der Waals surface area (Å²) < 4.78 is 0. The van der Waals surface area contributed by atoms with Crippen LogP contribution in [0.4, 0.5) is 5.82 Å². The molecule has 1 aliphatic heterocycles. The first-order valence-corrected chi connectivity index (χ1v) is 7.45. The lowest BCUT2D eigenvalue weighted by molar-refractivity contribution is 0.682. The summed E-state index contributed by atoms with van der Waals surface area (Å²) in [6.07, 6.45) is 2.43. The second-order valence-corrected chi connectivity index (χ2v) is 5.81. The van der Waals surface area contributed by atoms with Gasteiger partial charge in [0, 0.05) is 17.2 Å². The number of rotatable bonds is 2. The predicted octanol–water partition coefficient (Wildman–Crippen LogP) is 2.84. The van der Waals surface area contributed by atoms with E-state index in [1.807, 2.05) is 42.1 Å². The number of hydrogen-bond donors (Lipinski definition) is 2. The number of benzene rings is 1. The highest BCUT2D eigenvalue weighted by Crippen LogP contribution is 2.21. The summed E-state index contributed by atoms with van der Waals surface area (Å²) in [4.78, 5) is 14.9. The van der Waals surface area contributed by atoms with Crippen LogP contribution in [-0.2, 0) is 0 Å². The Bertz CT molecular complexity index is 602. The fraction of sp³-hybridized carbons (Fsp3) is 0.357. The van der Waals surface area contributed by atoms with Crippen molar-refractivity contribution in [3.8, 4) is 0 Å². The zero-order valence-electron chi connectivity index (χ0n) is 10.1. The molecule has 0 radical (unpaired) electrons.